The summed E-state index contributed by atoms with van der Waals surface area (Å²) in [5.41, 5.74) is 1.56. The number of methoxy groups -OCH3 is 1. The summed E-state index contributed by atoms with van der Waals surface area (Å²) in [6, 6.07) is 0. The first-order chi connectivity index (χ1) is 6.76. The fourth-order valence-electron chi connectivity index (χ4n) is 1.27. The van der Waals surface area contributed by atoms with Gasteiger partial charge in [0, 0.05) is 12.0 Å². The summed E-state index contributed by atoms with van der Waals surface area (Å²) >= 11 is 3.21. The van der Waals surface area contributed by atoms with E-state index >= 15 is 0 Å². The van der Waals surface area contributed by atoms with Crippen molar-refractivity contribution in [3.8, 4) is 0 Å². The Labute approximate surface area is 89.3 Å². The summed E-state index contributed by atoms with van der Waals surface area (Å²) in [7, 11) is 1.64. The molecule has 3 nitrogen and oxygen atoms in total. The zero-order chi connectivity index (χ0) is 10.1. The molecule has 0 aliphatic carbocycles. The van der Waals surface area contributed by atoms with Crippen molar-refractivity contribution in [3.63, 3.8) is 0 Å². The summed E-state index contributed by atoms with van der Waals surface area (Å²) in [5, 5.41) is 0.928. The molecular formula is C9H9NO2S2. The van der Waals surface area contributed by atoms with E-state index in [9.17, 15) is 4.79 Å². The van der Waals surface area contributed by atoms with Crippen molar-refractivity contribution in [1.29, 1.82) is 0 Å². The molecule has 0 radical (unpaired) electrons. The summed E-state index contributed by atoms with van der Waals surface area (Å²) in [4.78, 5) is 16.2. The first kappa shape index (κ1) is 9.76. The molecule has 0 aliphatic heterocycles. The van der Waals surface area contributed by atoms with Crippen LogP contribution in [0.4, 0.5) is 0 Å². The molecule has 0 amide bonds. The molecule has 0 atom stereocenters. The second kappa shape index (κ2) is 3.76. The highest BCUT2D eigenvalue weighted by Crippen LogP contribution is 2.34. The van der Waals surface area contributed by atoms with E-state index < -0.39 is 0 Å². The fraction of sp³-hybridized carbons (Fsp3) is 0.333. The number of aromatic nitrogens is 1. The largest absolute Gasteiger partial charge is 0.378 e. The summed E-state index contributed by atoms with van der Waals surface area (Å²) in [6.45, 7) is 2.46. The average Bonchev–Trinajstić information content (AvgIpc) is 2.61. The highest BCUT2D eigenvalue weighted by molar-refractivity contribution is 7.38. The van der Waals surface area contributed by atoms with Crippen molar-refractivity contribution in [1.82, 2.24) is 4.98 Å². The lowest BCUT2D eigenvalue weighted by atomic mass is 10.3. The second-order valence-corrected chi connectivity index (χ2v) is 5.43. The van der Waals surface area contributed by atoms with Gasteiger partial charge in [0.25, 0.3) is 0 Å². The molecule has 0 fully saturated rings. The molecule has 0 saturated heterocycles. The number of ether oxygens (including phenoxy) is 1. The number of carbonyl (C=O) groups excluding carboxylic acids is 1. The molecule has 2 heterocycles. The van der Waals surface area contributed by atoms with Crippen molar-refractivity contribution in [2.75, 3.05) is 7.11 Å². The van der Waals surface area contributed by atoms with Crippen LogP contribution in [0.25, 0.3) is 9.53 Å². The minimum absolute atomic E-state index is 0.517. The molecule has 0 saturated carbocycles. The van der Waals surface area contributed by atoms with E-state index in [0.29, 0.717) is 6.61 Å². The van der Waals surface area contributed by atoms with Gasteiger partial charge in [-0.2, -0.15) is 0 Å². The van der Waals surface area contributed by atoms with E-state index in [4.69, 9.17) is 4.74 Å². The number of fused-ring (bicyclic) bond motifs is 1. The van der Waals surface area contributed by atoms with E-state index in [0.717, 1.165) is 31.3 Å². The van der Waals surface area contributed by atoms with E-state index in [1.807, 2.05) is 6.92 Å². The Bertz CT molecular complexity index is 472. The maximum absolute atomic E-state index is 10.8. The molecule has 5 heteroatoms. The summed E-state index contributed by atoms with van der Waals surface area (Å²) in [5.74, 6) is 0. The lowest BCUT2D eigenvalue weighted by Crippen LogP contribution is -1.86. The SMILES string of the molecule is COCc1nc2c(C=O)c(C)sc2s1. The number of nitrogens with zero attached hydrogens (tertiary/aromatic N) is 1. The van der Waals surface area contributed by atoms with Crippen molar-refractivity contribution in [2.24, 2.45) is 0 Å². The number of hydrogen-bond acceptors (Lipinski definition) is 5. The van der Waals surface area contributed by atoms with E-state index in [-0.39, 0.29) is 0 Å². The Morgan fingerprint density at radius 1 is 1.50 bits per heavy atom. The predicted molar refractivity (Wildman–Crippen MR) is 58.3 cm³/mol. The van der Waals surface area contributed by atoms with Crippen LogP contribution in [0.3, 0.4) is 0 Å². The second-order valence-electron chi connectivity index (χ2n) is 2.87. The van der Waals surface area contributed by atoms with Crippen LogP contribution in [0.5, 0.6) is 0 Å². The molecule has 74 valence electrons. The van der Waals surface area contributed by atoms with E-state index in [2.05, 4.69) is 4.98 Å². The lowest BCUT2D eigenvalue weighted by molar-refractivity contribution is 0.112. The average molecular weight is 227 g/mol. The van der Waals surface area contributed by atoms with Gasteiger partial charge in [-0.15, -0.1) is 22.7 Å². The third-order valence-electron chi connectivity index (χ3n) is 1.91. The van der Waals surface area contributed by atoms with Crippen LogP contribution in [0.2, 0.25) is 0 Å². The molecule has 0 N–H and O–H groups in total. The van der Waals surface area contributed by atoms with Crippen LogP contribution in [0.15, 0.2) is 0 Å². The topological polar surface area (TPSA) is 39.2 Å². The van der Waals surface area contributed by atoms with Crippen LogP contribution in [-0.4, -0.2) is 18.4 Å². The highest BCUT2D eigenvalue weighted by Gasteiger charge is 2.13. The summed E-state index contributed by atoms with van der Waals surface area (Å²) < 4.78 is 6.10. The van der Waals surface area contributed by atoms with Crippen LogP contribution in [0.1, 0.15) is 20.2 Å². The number of carbonyl (C=O) groups is 1. The van der Waals surface area contributed by atoms with Gasteiger partial charge in [-0.3, -0.25) is 4.79 Å². The Balaban J connectivity index is 2.56. The van der Waals surface area contributed by atoms with Crippen molar-refractivity contribution in [2.45, 2.75) is 13.5 Å². The Morgan fingerprint density at radius 3 is 2.93 bits per heavy atom. The van der Waals surface area contributed by atoms with Crippen LogP contribution in [0, 0.1) is 6.92 Å². The van der Waals surface area contributed by atoms with E-state index in [1.165, 1.54) is 0 Å². The maximum atomic E-state index is 10.8. The van der Waals surface area contributed by atoms with Crippen molar-refractivity contribution >= 4 is 38.5 Å². The van der Waals surface area contributed by atoms with Gasteiger partial charge in [0.1, 0.15) is 14.5 Å². The van der Waals surface area contributed by atoms with Gasteiger partial charge < -0.3 is 4.74 Å². The molecule has 0 aliphatic rings. The number of aldehydes is 1. The lowest BCUT2D eigenvalue weighted by Gasteiger charge is -1.90. The summed E-state index contributed by atoms with van der Waals surface area (Å²) in [6.07, 6.45) is 0.879. The molecule has 2 aromatic rings. The molecule has 0 unspecified atom stereocenters. The molecule has 14 heavy (non-hydrogen) atoms. The number of thiazole rings is 1. The molecule has 0 spiro atoms. The van der Waals surface area contributed by atoms with Gasteiger partial charge in [0.2, 0.25) is 0 Å². The Kier molecular flexibility index (Phi) is 2.62. The fourth-order valence-corrected chi connectivity index (χ4v) is 3.67. The Hall–Kier alpha value is -0.780. The van der Waals surface area contributed by atoms with Gasteiger partial charge in [0.15, 0.2) is 6.29 Å². The van der Waals surface area contributed by atoms with Crippen LogP contribution in [-0.2, 0) is 11.3 Å². The molecule has 2 rings (SSSR count). The van der Waals surface area contributed by atoms with Gasteiger partial charge >= 0.3 is 0 Å². The third kappa shape index (κ3) is 1.47. The van der Waals surface area contributed by atoms with Gasteiger partial charge in [-0.05, 0) is 6.92 Å². The van der Waals surface area contributed by atoms with Crippen molar-refractivity contribution in [3.05, 3.63) is 15.4 Å². The van der Waals surface area contributed by atoms with Gasteiger partial charge in [-0.1, -0.05) is 0 Å². The van der Waals surface area contributed by atoms with Gasteiger partial charge in [0.05, 0.1) is 12.2 Å². The number of thiophene rings is 1. The molecular weight excluding hydrogens is 218 g/mol. The first-order valence-corrected chi connectivity index (χ1v) is 5.72. The van der Waals surface area contributed by atoms with Crippen LogP contribution < -0.4 is 0 Å². The molecule has 0 bridgehead atoms. The van der Waals surface area contributed by atoms with Gasteiger partial charge in [-0.25, -0.2) is 4.98 Å². The smallest absolute Gasteiger partial charge is 0.153 e. The molecule has 0 aromatic carbocycles. The van der Waals surface area contributed by atoms with Crippen molar-refractivity contribution < 1.29 is 9.53 Å². The third-order valence-corrected chi connectivity index (χ3v) is 4.13. The van der Waals surface area contributed by atoms with Crippen LogP contribution >= 0.6 is 22.7 Å². The Morgan fingerprint density at radius 2 is 2.29 bits per heavy atom. The maximum Gasteiger partial charge on any atom is 0.153 e. The number of hydrogen-bond donors (Lipinski definition) is 0. The minimum atomic E-state index is 0.517. The molecule has 2 aromatic heterocycles. The monoisotopic (exact) mass is 227 g/mol. The normalized spacial score (nSPS) is 11.0. The minimum Gasteiger partial charge on any atom is -0.378 e. The quantitative estimate of drug-likeness (QED) is 0.757. The predicted octanol–water partition coefficient (Wildman–Crippen LogP) is 2.63. The van der Waals surface area contributed by atoms with E-state index in [1.54, 1.807) is 29.8 Å². The number of aryl methyl sites for hydroxylation is 1. The zero-order valence-corrected chi connectivity index (χ0v) is 9.50. The highest BCUT2D eigenvalue weighted by atomic mass is 32.2. The first-order valence-electron chi connectivity index (χ1n) is 4.09. The standard InChI is InChI=1S/C9H9NO2S2/c1-5-6(3-11)8-9(13-5)14-7(10-8)4-12-2/h3H,4H2,1-2H3. The number of rotatable bonds is 3. The zero-order valence-electron chi connectivity index (χ0n) is 7.86.